The summed E-state index contributed by atoms with van der Waals surface area (Å²) in [6.45, 7) is 10.9. The van der Waals surface area contributed by atoms with Gasteiger partial charge in [-0.15, -0.1) is 0 Å². The average Bonchev–Trinajstić information content (AvgIpc) is 2.46. The van der Waals surface area contributed by atoms with Gasteiger partial charge in [0.1, 0.15) is 0 Å². The molecule has 5 nitrogen and oxygen atoms in total. The molecule has 3 heterocycles. The third-order valence-corrected chi connectivity index (χ3v) is 4.68. The zero-order valence-corrected chi connectivity index (χ0v) is 13.5. The fourth-order valence-electron chi connectivity index (χ4n) is 3.57. The standard InChI is InChI=1S/C16H27N5/c1-13-11-14(2)18-16(17-13)21-9-7-20(8-10-21)15-5-4-6-19(3)12-15/h11,15H,4-10,12H2,1-3H3. The molecular weight excluding hydrogens is 262 g/mol. The van der Waals surface area contributed by atoms with Gasteiger partial charge in [0.05, 0.1) is 0 Å². The van der Waals surface area contributed by atoms with Crippen LogP contribution in [0, 0.1) is 13.8 Å². The molecule has 0 radical (unpaired) electrons. The first-order valence-electron chi connectivity index (χ1n) is 8.11. The first-order valence-corrected chi connectivity index (χ1v) is 8.11. The van der Waals surface area contributed by atoms with E-state index in [1.165, 1.54) is 25.9 Å². The lowest BCUT2D eigenvalue weighted by Crippen LogP contribution is -2.54. The van der Waals surface area contributed by atoms with Crippen LogP contribution in [0.4, 0.5) is 5.95 Å². The van der Waals surface area contributed by atoms with E-state index < -0.39 is 0 Å². The molecule has 0 spiro atoms. The van der Waals surface area contributed by atoms with Crippen LogP contribution in [-0.2, 0) is 0 Å². The maximum absolute atomic E-state index is 4.60. The molecular formula is C16H27N5. The Morgan fingerprint density at radius 2 is 1.67 bits per heavy atom. The van der Waals surface area contributed by atoms with Gasteiger partial charge in [-0.2, -0.15) is 0 Å². The monoisotopic (exact) mass is 289 g/mol. The van der Waals surface area contributed by atoms with Gasteiger partial charge in [-0.1, -0.05) is 0 Å². The smallest absolute Gasteiger partial charge is 0.225 e. The summed E-state index contributed by atoms with van der Waals surface area (Å²) in [7, 11) is 2.24. The summed E-state index contributed by atoms with van der Waals surface area (Å²) in [4.78, 5) is 16.7. The van der Waals surface area contributed by atoms with Crippen LogP contribution in [0.5, 0.6) is 0 Å². The van der Waals surface area contributed by atoms with Crippen molar-refractivity contribution >= 4 is 5.95 Å². The Bertz CT molecular complexity index is 461. The minimum Gasteiger partial charge on any atom is -0.338 e. The number of aromatic nitrogens is 2. The molecule has 116 valence electrons. The number of hydrogen-bond acceptors (Lipinski definition) is 5. The number of piperidine rings is 1. The summed E-state index contributed by atoms with van der Waals surface area (Å²) < 4.78 is 0. The minimum absolute atomic E-state index is 0.742. The van der Waals surface area contributed by atoms with Gasteiger partial charge in [0.15, 0.2) is 0 Å². The van der Waals surface area contributed by atoms with Gasteiger partial charge >= 0.3 is 0 Å². The number of likely N-dealkylation sites (N-methyl/N-ethyl adjacent to an activating group) is 1. The van der Waals surface area contributed by atoms with Crippen molar-refractivity contribution in [3.8, 4) is 0 Å². The third-order valence-electron chi connectivity index (χ3n) is 4.68. The molecule has 21 heavy (non-hydrogen) atoms. The molecule has 5 heteroatoms. The Kier molecular flexibility index (Phi) is 4.40. The molecule has 0 bridgehead atoms. The number of aryl methyl sites for hydroxylation is 2. The van der Waals surface area contributed by atoms with Crippen molar-refractivity contribution in [2.24, 2.45) is 0 Å². The van der Waals surface area contributed by atoms with Gasteiger partial charge in [-0.25, -0.2) is 9.97 Å². The molecule has 2 saturated heterocycles. The van der Waals surface area contributed by atoms with E-state index in [0.717, 1.165) is 49.6 Å². The lowest BCUT2D eigenvalue weighted by Gasteiger charge is -2.42. The Balaban J connectivity index is 1.59. The zero-order chi connectivity index (χ0) is 14.8. The number of hydrogen-bond donors (Lipinski definition) is 0. The van der Waals surface area contributed by atoms with Crippen molar-refractivity contribution in [3.05, 3.63) is 17.5 Å². The number of likely N-dealkylation sites (tertiary alicyclic amines) is 1. The third kappa shape index (κ3) is 3.52. The lowest BCUT2D eigenvalue weighted by atomic mass is 10.0. The van der Waals surface area contributed by atoms with E-state index in [1.54, 1.807) is 0 Å². The predicted molar refractivity (Wildman–Crippen MR) is 85.8 cm³/mol. The maximum atomic E-state index is 4.60. The summed E-state index contributed by atoms with van der Waals surface area (Å²) >= 11 is 0. The molecule has 1 aromatic rings. The highest BCUT2D eigenvalue weighted by Gasteiger charge is 2.27. The molecule has 0 saturated carbocycles. The quantitative estimate of drug-likeness (QED) is 0.820. The maximum Gasteiger partial charge on any atom is 0.225 e. The van der Waals surface area contributed by atoms with E-state index in [0.29, 0.717) is 0 Å². The van der Waals surface area contributed by atoms with Gasteiger partial charge in [-0.3, -0.25) is 4.90 Å². The normalized spacial score (nSPS) is 25.3. The van der Waals surface area contributed by atoms with Gasteiger partial charge in [0.2, 0.25) is 5.95 Å². The second-order valence-electron chi connectivity index (χ2n) is 6.53. The van der Waals surface area contributed by atoms with E-state index in [2.05, 4.69) is 31.7 Å². The minimum atomic E-state index is 0.742. The van der Waals surface area contributed by atoms with Crippen LogP contribution in [0.3, 0.4) is 0 Å². The van der Waals surface area contributed by atoms with Crippen molar-refractivity contribution in [1.82, 2.24) is 19.8 Å². The second-order valence-corrected chi connectivity index (χ2v) is 6.53. The molecule has 1 aromatic heterocycles. The summed E-state index contributed by atoms with van der Waals surface area (Å²) in [5, 5.41) is 0. The van der Waals surface area contributed by atoms with Crippen LogP contribution in [0.25, 0.3) is 0 Å². The zero-order valence-electron chi connectivity index (χ0n) is 13.5. The number of piperazine rings is 1. The fraction of sp³-hybridized carbons (Fsp3) is 0.750. The van der Waals surface area contributed by atoms with E-state index in [4.69, 9.17) is 0 Å². The Morgan fingerprint density at radius 1 is 1.00 bits per heavy atom. The summed E-state index contributed by atoms with van der Waals surface area (Å²) in [6, 6.07) is 2.78. The molecule has 2 aliphatic rings. The summed E-state index contributed by atoms with van der Waals surface area (Å²) in [5.41, 5.74) is 2.13. The van der Waals surface area contributed by atoms with Crippen LogP contribution >= 0.6 is 0 Å². The van der Waals surface area contributed by atoms with Gasteiger partial charge < -0.3 is 9.80 Å². The van der Waals surface area contributed by atoms with Gasteiger partial charge in [0.25, 0.3) is 0 Å². The van der Waals surface area contributed by atoms with Crippen LogP contribution in [-0.4, -0.2) is 72.1 Å². The van der Waals surface area contributed by atoms with E-state index >= 15 is 0 Å². The predicted octanol–water partition coefficient (Wildman–Crippen LogP) is 1.31. The van der Waals surface area contributed by atoms with Crippen LogP contribution in [0.15, 0.2) is 6.07 Å². The lowest BCUT2D eigenvalue weighted by molar-refractivity contribution is 0.106. The number of anilines is 1. The van der Waals surface area contributed by atoms with E-state index in [1.807, 2.05) is 19.9 Å². The van der Waals surface area contributed by atoms with Crippen LogP contribution < -0.4 is 4.90 Å². The largest absolute Gasteiger partial charge is 0.338 e. The van der Waals surface area contributed by atoms with Gasteiger partial charge in [-0.05, 0) is 46.3 Å². The summed E-state index contributed by atoms with van der Waals surface area (Å²) in [5.74, 6) is 0.910. The molecule has 0 aromatic carbocycles. The Morgan fingerprint density at radius 3 is 2.29 bits per heavy atom. The highest BCUT2D eigenvalue weighted by Crippen LogP contribution is 2.18. The van der Waals surface area contributed by atoms with Crippen molar-refractivity contribution < 1.29 is 0 Å². The number of nitrogens with zero attached hydrogens (tertiary/aromatic N) is 5. The molecule has 3 rings (SSSR count). The molecule has 2 fully saturated rings. The first kappa shape index (κ1) is 14.7. The highest BCUT2D eigenvalue weighted by atomic mass is 15.3. The SMILES string of the molecule is Cc1cc(C)nc(N2CCN(C3CCCN(C)C3)CC2)n1. The van der Waals surface area contributed by atoms with E-state index in [-0.39, 0.29) is 0 Å². The second kappa shape index (κ2) is 6.28. The molecule has 0 N–H and O–H groups in total. The van der Waals surface area contributed by atoms with Gasteiger partial charge in [0, 0.05) is 50.2 Å². The molecule has 2 aliphatic heterocycles. The topological polar surface area (TPSA) is 35.5 Å². The van der Waals surface area contributed by atoms with E-state index in [9.17, 15) is 0 Å². The van der Waals surface area contributed by atoms with Crippen molar-refractivity contribution in [3.63, 3.8) is 0 Å². The molecule has 0 aliphatic carbocycles. The van der Waals surface area contributed by atoms with Crippen molar-refractivity contribution in [2.45, 2.75) is 32.7 Å². The molecule has 1 unspecified atom stereocenters. The highest BCUT2D eigenvalue weighted by molar-refractivity contribution is 5.32. The van der Waals surface area contributed by atoms with Crippen LogP contribution in [0.1, 0.15) is 24.2 Å². The van der Waals surface area contributed by atoms with Crippen LogP contribution in [0.2, 0.25) is 0 Å². The average molecular weight is 289 g/mol. The molecule has 0 amide bonds. The summed E-state index contributed by atoms with van der Waals surface area (Å²) in [6.07, 6.45) is 2.69. The number of rotatable bonds is 2. The fourth-order valence-corrected chi connectivity index (χ4v) is 3.57. The first-order chi connectivity index (χ1) is 10.1. The Labute approximate surface area is 128 Å². The van der Waals surface area contributed by atoms with Crippen molar-refractivity contribution in [1.29, 1.82) is 0 Å². The molecule has 1 atom stereocenters. The Hall–Kier alpha value is -1.20. The van der Waals surface area contributed by atoms with Crippen molar-refractivity contribution in [2.75, 3.05) is 51.2 Å².